The molecule has 0 aliphatic rings. The third-order valence-corrected chi connectivity index (χ3v) is 7.23. The van der Waals surface area contributed by atoms with Gasteiger partial charge >= 0.3 is 0 Å². The van der Waals surface area contributed by atoms with Crippen LogP contribution in [0, 0.1) is 18.3 Å². The number of nitrogens with one attached hydrogen (secondary N) is 1. The summed E-state index contributed by atoms with van der Waals surface area (Å²) in [5.74, 6) is 0.567. The molecule has 0 aliphatic heterocycles. The van der Waals surface area contributed by atoms with Crippen LogP contribution in [0.4, 0.5) is 5.69 Å². The van der Waals surface area contributed by atoms with Crippen molar-refractivity contribution in [3.8, 4) is 34.2 Å². The number of hydrogen-bond donors (Lipinski definition) is 1. The fourth-order valence-electron chi connectivity index (χ4n) is 3.58. The molecule has 0 saturated carbocycles. The van der Waals surface area contributed by atoms with Crippen LogP contribution in [0.25, 0.3) is 22.4 Å². The van der Waals surface area contributed by atoms with E-state index in [1.54, 1.807) is 7.11 Å². The predicted molar refractivity (Wildman–Crippen MR) is 149 cm³/mol. The van der Waals surface area contributed by atoms with E-state index in [1.807, 2.05) is 92.7 Å². The van der Waals surface area contributed by atoms with Crippen LogP contribution in [-0.4, -0.2) is 23.3 Å². The largest absolute Gasteiger partial charge is 0.497 e. The Morgan fingerprint density at radius 1 is 1.03 bits per heavy atom. The second-order valence-corrected chi connectivity index (χ2v) is 10.4. The lowest BCUT2D eigenvalue weighted by molar-refractivity contribution is -0.115. The summed E-state index contributed by atoms with van der Waals surface area (Å²) in [4.78, 5) is 17.8. The number of nitrogens with zero attached hydrogens (tertiary/aromatic N) is 2. The Morgan fingerprint density at radius 2 is 1.67 bits per heavy atom. The molecule has 1 amide bonds. The lowest BCUT2D eigenvalue weighted by atomic mass is 9.99. The molecule has 1 heterocycles. The zero-order valence-electron chi connectivity index (χ0n) is 20.1. The van der Waals surface area contributed by atoms with Gasteiger partial charge in [-0.05, 0) is 61.9 Å². The minimum Gasteiger partial charge on any atom is -0.497 e. The Kier molecular flexibility index (Phi) is 8.09. The second-order valence-electron chi connectivity index (χ2n) is 8.20. The number of halogens is 1. The van der Waals surface area contributed by atoms with Crippen LogP contribution in [0.2, 0.25) is 0 Å². The first-order chi connectivity index (χ1) is 17.4. The van der Waals surface area contributed by atoms with Gasteiger partial charge in [-0.25, -0.2) is 4.98 Å². The van der Waals surface area contributed by atoms with Gasteiger partial charge in [0.25, 0.3) is 0 Å². The van der Waals surface area contributed by atoms with Crippen LogP contribution in [0.1, 0.15) is 18.1 Å². The van der Waals surface area contributed by atoms with E-state index in [4.69, 9.17) is 9.72 Å². The summed E-state index contributed by atoms with van der Waals surface area (Å²) in [5, 5.41) is 13.1. The van der Waals surface area contributed by atoms with Crippen molar-refractivity contribution in [3.05, 3.63) is 94.5 Å². The highest BCUT2D eigenvalue weighted by molar-refractivity contribution is 9.10. The maximum absolute atomic E-state index is 13.0. The summed E-state index contributed by atoms with van der Waals surface area (Å²) in [5.41, 5.74) is 5.60. The molecule has 4 rings (SSSR count). The first-order valence-electron chi connectivity index (χ1n) is 11.3. The number of aromatic nitrogens is 1. The smallest absolute Gasteiger partial charge is 0.237 e. The molecule has 7 heteroatoms. The van der Waals surface area contributed by atoms with E-state index in [0.717, 1.165) is 38.2 Å². The van der Waals surface area contributed by atoms with Gasteiger partial charge in [-0.3, -0.25) is 4.79 Å². The van der Waals surface area contributed by atoms with Crippen molar-refractivity contribution in [3.63, 3.8) is 0 Å². The number of benzene rings is 3. The third kappa shape index (κ3) is 5.96. The van der Waals surface area contributed by atoms with E-state index in [9.17, 15) is 10.1 Å². The Hall–Kier alpha value is -3.60. The van der Waals surface area contributed by atoms with E-state index in [0.29, 0.717) is 16.3 Å². The normalized spacial score (nSPS) is 11.4. The Morgan fingerprint density at radius 3 is 2.28 bits per heavy atom. The van der Waals surface area contributed by atoms with Gasteiger partial charge in [0.05, 0.1) is 23.6 Å². The fourth-order valence-corrected chi connectivity index (χ4v) is 4.77. The zero-order chi connectivity index (χ0) is 25.7. The molecule has 3 aromatic carbocycles. The molecular weight excluding hydrogens is 534 g/mol. The Bertz CT molecular complexity index is 1410. The van der Waals surface area contributed by atoms with Crippen molar-refractivity contribution >= 4 is 39.3 Å². The molecule has 0 fully saturated rings. The molecule has 1 N–H and O–H groups in total. The highest BCUT2D eigenvalue weighted by Crippen LogP contribution is 2.36. The number of hydrogen-bond acceptors (Lipinski definition) is 5. The maximum atomic E-state index is 13.0. The number of ether oxygens (including phenoxy) is 1. The number of nitriles is 1. The lowest BCUT2D eigenvalue weighted by Crippen LogP contribution is -2.22. The number of carbonyl (C=O) groups excluding carboxylic acids is 1. The number of thioether (sulfide) groups is 1. The average molecular weight is 559 g/mol. The van der Waals surface area contributed by atoms with Crippen molar-refractivity contribution < 1.29 is 9.53 Å². The molecule has 36 heavy (non-hydrogen) atoms. The topological polar surface area (TPSA) is 75.0 Å². The maximum Gasteiger partial charge on any atom is 0.237 e. The molecule has 5 nitrogen and oxygen atoms in total. The highest BCUT2D eigenvalue weighted by atomic mass is 79.9. The van der Waals surface area contributed by atoms with Crippen molar-refractivity contribution in [2.24, 2.45) is 0 Å². The SMILES string of the molecule is COc1ccc(-c2cc(-c3ccc(C)cc3)nc(S[C@H](C)C(=O)Nc3ccc(Br)cc3)c2C#N)cc1. The van der Waals surface area contributed by atoms with Crippen LogP contribution in [-0.2, 0) is 4.79 Å². The number of carbonyl (C=O) groups is 1. The molecule has 180 valence electrons. The lowest BCUT2D eigenvalue weighted by Gasteiger charge is -2.16. The van der Waals surface area contributed by atoms with E-state index >= 15 is 0 Å². The van der Waals surface area contributed by atoms with Crippen LogP contribution in [0.3, 0.4) is 0 Å². The Labute approximate surface area is 223 Å². The standard InChI is InChI=1S/C29H24BrN3O2S/c1-18-4-6-21(7-5-18)27-16-25(20-8-14-24(35-3)15-9-20)26(17-31)29(33-27)36-19(2)28(34)32-23-12-10-22(30)11-13-23/h4-16,19H,1-3H3,(H,32,34)/t19-/m1/s1. The van der Waals surface area contributed by atoms with Gasteiger partial charge in [0.1, 0.15) is 16.8 Å². The molecule has 0 radical (unpaired) electrons. The molecule has 0 spiro atoms. The van der Waals surface area contributed by atoms with E-state index < -0.39 is 5.25 Å². The van der Waals surface area contributed by atoms with Gasteiger partial charge in [-0.1, -0.05) is 69.7 Å². The number of rotatable bonds is 7. The molecular formula is C29H24BrN3O2S. The monoisotopic (exact) mass is 557 g/mol. The van der Waals surface area contributed by atoms with Gasteiger partial charge in [-0.15, -0.1) is 0 Å². The van der Waals surface area contributed by atoms with Crippen molar-refractivity contribution in [1.82, 2.24) is 4.98 Å². The van der Waals surface area contributed by atoms with E-state index in [2.05, 4.69) is 27.3 Å². The summed E-state index contributed by atoms with van der Waals surface area (Å²) in [6.45, 7) is 3.85. The zero-order valence-corrected chi connectivity index (χ0v) is 22.5. The molecule has 0 bridgehead atoms. The molecule has 0 aliphatic carbocycles. The van der Waals surface area contributed by atoms with Gasteiger partial charge in [0.2, 0.25) is 5.91 Å². The highest BCUT2D eigenvalue weighted by Gasteiger charge is 2.21. The second kappa shape index (κ2) is 11.4. The van der Waals surface area contributed by atoms with Gasteiger partial charge in [-0.2, -0.15) is 5.26 Å². The first-order valence-corrected chi connectivity index (χ1v) is 12.9. The molecule has 4 aromatic rings. The van der Waals surface area contributed by atoms with E-state index in [1.165, 1.54) is 11.8 Å². The molecule has 1 aromatic heterocycles. The van der Waals surface area contributed by atoms with Gasteiger partial charge in [0, 0.05) is 21.3 Å². The molecule has 1 atom stereocenters. The summed E-state index contributed by atoms with van der Waals surface area (Å²) < 4.78 is 6.23. The van der Waals surface area contributed by atoms with Crippen molar-refractivity contribution in [2.75, 3.05) is 12.4 Å². The minimum atomic E-state index is -0.481. The quantitative estimate of drug-likeness (QED) is 0.238. The predicted octanol–water partition coefficient (Wildman–Crippen LogP) is 7.49. The summed E-state index contributed by atoms with van der Waals surface area (Å²) in [6, 6.07) is 27.3. The van der Waals surface area contributed by atoms with Crippen LogP contribution < -0.4 is 10.1 Å². The Balaban J connectivity index is 1.73. The third-order valence-electron chi connectivity index (χ3n) is 5.62. The summed E-state index contributed by atoms with van der Waals surface area (Å²) >= 11 is 4.68. The summed E-state index contributed by atoms with van der Waals surface area (Å²) in [7, 11) is 1.62. The molecule has 0 unspecified atom stereocenters. The number of anilines is 1. The van der Waals surface area contributed by atoms with Gasteiger partial charge in [0.15, 0.2) is 0 Å². The average Bonchev–Trinajstić information content (AvgIpc) is 2.90. The summed E-state index contributed by atoms with van der Waals surface area (Å²) in [6.07, 6.45) is 0. The number of aryl methyl sites for hydroxylation is 1. The van der Waals surface area contributed by atoms with Crippen molar-refractivity contribution in [1.29, 1.82) is 5.26 Å². The number of methoxy groups -OCH3 is 1. The first kappa shape index (κ1) is 25.5. The van der Waals surface area contributed by atoms with Gasteiger partial charge < -0.3 is 10.1 Å². The number of pyridine rings is 1. The van der Waals surface area contributed by atoms with E-state index in [-0.39, 0.29) is 5.91 Å². The fraction of sp³-hybridized carbons (Fsp3) is 0.138. The van der Waals surface area contributed by atoms with Crippen LogP contribution >= 0.6 is 27.7 Å². The van der Waals surface area contributed by atoms with Crippen LogP contribution in [0.5, 0.6) is 5.75 Å². The molecule has 0 saturated heterocycles. The number of amides is 1. The van der Waals surface area contributed by atoms with Crippen LogP contribution in [0.15, 0.2) is 88.4 Å². The van der Waals surface area contributed by atoms with Crippen molar-refractivity contribution in [2.45, 2.75) is 24.1 Å². The minimum absolute atomic E-state index is 0.167.